The summed E-state index contributed by atoms with van der Waals surface area (Å²) in [6.45, 7) is 5.78. The minimum Gasteiger partial charge on any atom is -0.339 e. The SMILES string of the molecule is CCN(CC1CC1)C(=O)c1ccc(Br)c(C)c1. The van der Waals surface area contributed by atoms with E-state index in [2.05, 4.69) is 15.9 Å². The normalized spacial score (nSPS) is 14.8. The molecular weight excluding hydrogens is 278 g/mol. The van der Waals surface area contributed by atoms with Crippen LogP contribution < -0.4 is 0 Å². The molecule has 0 aromatic heterocycles. The number of amides is 1. The van der Waals surface area contributed by atoms with Gasteiger partial charge in [0.05, 0.1) is 0 Å². The van der Waals surface area contributed by atoms with Crippen LogP contribution in [-0.4, -0.2) is 23.9 Å². The Labute approximate surface area is 111 Å². The lowest BCUT2D eigenvalue weighted by Crippen LogP contribution is -2.32. The summed E-state index contributed by atoms with van der Waals surface area (Å²) in [5.41, 5.74) is 1.91. The van der Waals surface area contributed by atoms with E-state index in [1.54, 1.807) is 0 Å². The maximum absolute atomic E-state index is 12.3. The Morgan fingerprint density at radius 1 is 1.47 bits per heavy atom. The lowest BCUT2D eigenvalue weighted by Gasteiger charge is -2.21. The number of carbonyl (C=O) groups is 1. The number of rotatable bonds is 4. The van der Waals surface area contributed by atoms with Crippen LogP contribution in [0.2, 0.25) is 0 Å². The molecule has 17 heavy (non-hydrogen) atoms. The Balaban J connectivity index is 2.12. The lowest BCUT2D eigenvalue weighted by atomic mass is 10.1. The molecule has 3 heteroatoms. The van der Waals surface area contributed by atoms with Gasteiger partial charge in [0.25, 0.3) is 5.91 Å². The van der Waals surface area contributed by atoms with Crippen LogP contribution in [0, 0.1) is 12.8 Å². The van der Waals surface area contributed by atoms with Gasteiger partial charge in [-0.15, -0.1) is 0 Å². The number of nitrogens with zero attached hydrogens (tertiary/aromatic N) is 1. The van der Waals surface area contributed by atoms with Crippen LogP contribution in [-0.2, 0) is 0 Å². The predicted molar refractivity (Wildman–Crippen MR) is 73.2 cm³/mol. The molecule has 2 rings (SSSR count). The van der Waals surface area contributed by atoms with Crippen molar-refractivity contribution in [3.8, 4) is 0 Å². The molecule has 0 spiro atoms. The molecule has 92 valence electrons. The summed E-state index contributed by atoms with van der Waals surface area (Å²) in [6, 6.07) is 5.81. The second kappa shape index (κ2) is 5.21. The molecule has 0 bridgehead atoms. The molecule has 0 atom stereocenters. The average Bonchev–Trinajstić information content (AvgIpc) is 3.12. The fourth-order valence-corrected chi connectivity index (χ4v) is 2.17. The van der Waals surface area contributed by atoms with E-state index in [-0.39, 0.29) is 5.91 Å². The molecule has 0 N–H and O–H groups in total. The van der Waals surface area contributed by atoms with Crippen molar-refractivity contribution < 1.29 is 4.79 Å². The molecule has 1 saturated carbocycles. The topological polar surface area (TPSA) is 20.3 Å². The fourth-order valence-electron chi connectivity index (χ4n) is 1.93. The Morgan fingerprint density at radius 3 is 2.71 bits per heavy atom. The van der Waals surface area contributed by atoms with Crippen LogP contribution in [0.5, 0.6) is 0 Å². The number of aryl methyl sites for hydroxylation is 1. The summed E-state index contributed by atoms with van der Waals surface area (Å²) in [5, 5.41) is 0. The molecule has 1 aliphatic carbocycles. The van der Waals surface area contributed by atoms with Gasteiger partial charge in [-0.25, -0.2) is 0 Å². The second-order valence-corrected chi connectivity index (χ2v) is 5.61. The Kier molecular flexibility index (Phi) is 3.87. The highest BCUT2D eigenvalue weighted by molar-refractivity contribution is 9.10. The highest BCUT2D eigenvalue weighted by Crippen LogP contribution is 2.30. The van der Waals surface area contributed by atoms with E-state index >= 15 is 0 Å². The van der Waals surface area contributed by atoms with Crippen LogP contribution in [0.3, 0.4) is 0 Å². The van der Waals surface area contributed by atoms with E-state index in [4.69, 9.17) is 0 Å². The van der Waals surface area contributed by atoms with Gasteiger partial charge in [-0.1, -0.05) is 15.9 Å². The summed E-state index contributed by atoms with van der Waals surface area (Å²) in [6.07, 6.45) is 2.56. The number of hydrogen-bond acceptors (Lipinski definition) is 1. The first-order valence-corrected chi connectivity index (χ1v) is 6.96. The van der Waals surface area contributed by atoms with Crippen LogP contribution >= 0.6 is 15.9 Å². The highest BCUT2D eigenvalue weighted by atomic mass is 79.9. The van der Waals surface area contributed by atoms with Gasteiger partial charge in [0, 0.05) is 23.1 Å². The van der Waals surface area contributed by atoms with E-state index in [1.807, 2.05) is 36.9 Å². The van der Waals surface area contributed by atoms with E-state index in [0.29, 0.717) is 0 Å². The molecule has 2 nitrogen and oxygen atoms in total. The number of hydrogen-bond donors (Lipinski definition) is 0. The average molecular weight is 296 g/mol. The van der Waals surface area contributed by atoms with Crippen LogP contribution in [0.1, 0.15) is 35.7 Å². The van der Waals surface area contributed by atoms with Crippen LogP contribution in [0.4, 0.5) is 0 Å². The molecular formula is C14H18BrNO. The molecule has 1 aliphatic rings. The standard InChI is InChI=1S/C14H18BrNO/c1-3-16(9-11-4-5-11)14(17)12-6-7-13(15)10(2)8-12/h6-8,11H,3-5,9H2,1-2H3. The first kappa shape index (κ1) is 12.6. The number of halogens is 1. The van der Waals surface area contributed by atoms with Gasteiger partial charge >= 0.3 is 0 Å². The maximum Gasteiger partial charge on any atom is 0.253 e. The van der Waals surface area contributed by atoms with Gasteiger partial charge in [-0.2, -0.15) is 0 Å². The zero-order chi connectivity index (χ0) is 12.4. The molecule has 1 fully saturated rings. The van der Waals surface area contributed by atoms with Gasteiger partial charge in [0.15, 0.2) is 0 Å². The first-order chi connectivity index (χ1) is 8.11. The monoisotopic (exact) mass is 295 g/mol. The third kappa shape index (κ3) is 3.09. The van der Waals surface area contributed by atoms with Crippen LogP contribution in [0.15, 0.2) is 22.7 Å². The van der Waals surface area contributed by atoms with Gasteiger partial charge < -0.3 is 4.90 Å². The van der Waals surface area contributed by atoms with E-state index < -0.39 is 0 Å². The van der Waals surface area contributed by atoms with E-state index in [1.165, 1.54) is 12.8 Å². The molecule has 0 unspecified atom stereocenters. The second-order valence-electron chi connectivity index (χ2n) is 4.75. The van der Waals surface area contributed by atoms with Crippen molar-refractivity contribution in [2.24, 2.45) is 5.92 Å². The van der Waals surface area contributed by atoms with Crippen molar-refractivity contribution in [2.45, 2.75) is 26.7 Å². The number of benzene rings is 1. The molecule has 0 radical (unpaired) electrons. The molecule has 1 aromatic rings. The summed E-state index contributed by atoms with van der Waals surface area (Å²) in [7, 11) is 0. The van der Waals surface area contributed by atoms with Crippen molar-refractivity contribution in [2.75, 3.05) is 13.1 Å². The van der Waals surface area contributed by atoms with Crippen molar-refractivity contribution in [3.63, 3.8) is 0 Å². The molecule has 0 saturated heterocycles. The lowest BCUT2D eigenvalue weighted by molar-refractivity contribution is 0.0757. The highest BCUT2D eigenvalue weighted by Gasteiger charge is 2.26. The van der Waals surface area contributed by atoms with Gasteiger partial charge in [-0.05, 0) is 56.4 Å². The molecule has 1 aromatic carbocycles. The quantitative estimate of drug-likeness (QED) is 0.831. The molecule has 0 heterocycles. The zero-order valence-electron chi connectivity index (χ0n) is 10.4. The fraction of sp³-hybridized carbons (Fsp3) is 0.500. The van der Waals surface area contributed by atoms with Crippen molar-refractivity contribution >= 4 is 21.8 Å². The zero-order valence-corrected chi connectivity index (χ0v) is 12.0. The summed E-state index contributed by atoms with van der Waals surface area (Å²) >= 11 is 3.46. The Morgan fingerprint density at radius 2 is 2.18 bits per heavy atom. The summed E-state index contributed by atoms with van der Waals surface area (Å²) in [5.74, 6) is 0.908. The minimum absolute atomic E-state index is 0.162. The van der Waals surface area contributed by atoms with E-state index in [9.17, 15) is 4.79 Å². The Bertz CT molecular complexity index is 426. The van der Waals surface area contributed by atoms with Crippen LogP contribution in [0.25, 0.3) is 0 Å². The van der Waals surface area contributed by atoms with Gasteiger partial charge in [0.1, 0.15) is 0 Å². The molecule has 0 aliphatic heterocycles. The van der Waals surface area contributed by atoms with E-state index in [0.717, 1.165) is 34.6 Å². The van der Waals surface area contributed by atoms with Crippen molar-refractivity contribution in [3.05, 3.63) is 33.8 Å². The maximum atomic E-state index is 12.3. The summed E-state index contributed by atoms with van der Waals surface area (Å²) in [4.78, 5) is 14.3. The molecule has 1 amide bonds. The predicted octanol–water partition coefficient (Wildman–Crippen LogP) is 3.63. The minimum atomic E-state index is 0.162. The van der Waals surface area contributed by atoms with Crippen molar-refractivity contribution in [1.29, 1.82) is 0 Å². The van der Waals surface area contributed by atoms with Crippen molar-refractivity contribution in [1.82, 2.24) is 4.90 Å². The first-order valence-electron chi connectivity index (χ1n) is 6.17. The van der Waals surface area contributed by atoms with Gasteiger partial charge in [0.2, 0.25) is 0 Å². The Hall–Kier alpha value is -0.830. The number of carbonyl (C=O) groups excluding carboxylic acids is 1. The third-order valence-electron chi connectivity index (χ3n) is 3.25. The van der Waals surface area contributed by atoms with Gasteiger partial charge in [-0.3, -0.25) is 4.79 Å². The smallest absolute Gasteiger partial charge is 0.253 e. The third-order valence-corrected chi connectivity index (χ3v) is 4.14. The summed E-state index contributed by atoms with van der Waals surface area (Å²) < 4.78 is 1.05. The largest absolute Gasteiger partial charge is 0.339 e.